The number of fused-ring (bicyclic) bond motifs is 2. The average molecular weight is 946 g/mol. The number of hydrogen-bond acceptors (Lipinski definition) is 11. The molecule has 3 aromatic rings. The van der Waals surface area contributed by atoms with Gasteiger partial charge in [0, 0.05) is 52.0 Å². The second kappa shape index (κ2) is 20.5. The number of hydrogen-bond donors (Lipinski definition) is 5. The number of nitrogens with one attached hydrogen (secondary N) is 3. The molecular formula is C47H63N9O10S. The predicted molar refractivity (Wildman–Crippen MR) is 246 cm³/mol. The zero-order chi connectivity index (χ0) is 48.3. The molecule has 362 valence electrons. The molecule has 4 fully saturated rings. The van der Waals surface area contributed by atoms with Crippen molar-refractivity contribution < 1.29 is 42.0 Å². The fourth-order valence-electron chi connectivity index (χ4n) is 10.2. The van der Waals surface area contributed by atoms with E-state index in [0.29, 0.717) is 49.2 Å². The lowest BCUT2D eigenvalue weighted by Gasteiger charge is -2.38. The lowest BCUT2D eigenvalue weighted by atomic mass is 9.78. The highest BCUT2D eigenvalue weighted by Crippen LogP contribution is 2.35. The van der Waals surface area contributed by atoms with Crippen LogP contribution in [0.15, 0.2) is 52.2 Å². The summed E-state index contributed by atoms with van der Waals surface area (Å²) in [5, 5.41) is 7.23. The Morgan fingerprint density at radius 2 is 1.55 bits per heavy atom. The van der Waals surface area contributed by atoms with Gasteiger partial charge < -0.3 is 31.9 Å². The molecule has 2 aromatic carbocycles. The molecule has 3 saturated heterocycles. The molecule has 19 nitrogen and oxygen atoms in total. The van der Waals surface area contributed by atoms with Gasteiger partial charge in [0.2, 0.25) is 41.4 Å². The van der Waals surface area contributed by atoms with E-state index in [1.54, 1.807) is 42.5 Å². The van der Waals surface area contributed by atoms with Crippen molar-refractivity contribution in [3.05, 3.63) is 64.1 Å². The molecule has 3 aliphatic heterocycles. The molecule has 0 spiro atoms. The summed E-state index contributed by atoms with van der Waals surface area (Å²) in [6, 6.07) is 7.79. The predicted octanol–water partition coefficient (Wildman–Crippen LogP) is 1.22. The molecule has 1 aliphatic carbocycles. The van der Waals surface area contributed by atoms with E-state index < -0.39 is 68.8 Å². The molecule has 67 heavy (non-hydrogen) atoms. The molecule has 4 heterocycles. The minimum absolute atomic E-state index is 0.00877. The van der Waals surface area contributed by atoms with E-state index in [1.807, 2.05) is 18.2 Å². The van der Waals surface area contributed by atoms with Crippen LogP contribution in [0.3, 0.4) is 0 Å². The van der Waals surface area contributed by atoms with Gasteiger partial charge in [-0.15, -0.1) is 0 Å². The number of carbonyl (C=O) groups is 7. The first-order valence-corrected chi connectivity index (χ1v) is 24.9. The summed E-state index contributed by atoms with van der Waals surface area (Å²) in [6.07, 6.45) is 6.19. The Morgan fingerprint density at radius 1 is 0.866 bits per heavy atom. The maximum absolute atomic E-state index is 13.9. The number of sulfone groups is 1. The molecule has 1 saturated carbocycles. The molecule has 5 atom stereocenters. The number of nitrogens with zero attached hydrogens (tertiary/aromatic N) is 4. The zero-order valence-electron chi connectivity index (χ0n) is 38.4. The number of primary amides is 1. The Hall–Kier alpha value is -5.89. The third kappa shape index (κ3) is 11.0. The fourth-order valence-corrected chi connectivity index (χ4v) is 11.3. The lowest BCUT2D eigenvalue weighted by Crippen LogP contribution is -2.60. The number of amides is 7. The van der Waals surface area contributed by atoms with Gasteiger partial charge in [-0.3, -0.25) is 48.0 Å². The first kappa shape index (κ1) is 49.0. The van der Waals surface area contributed by atoms with Crippen molar-refractivity contribution in [1.82, 2.24) is 34.9 Å². The van der Waals surface area contributed by atoms with Crippen LogP contribution in [0, 0.1) is 11.8 Å². The standard InChI is InChI=1S/C47H63N9O10S/c1-27(2)67(65,66)33-12-8-30(9-13-33)25-50-43(60)35(14-18-40(49)57)51-44(61)37-16-11-32-20-21-54(26-34(48)46(63)55(32)37)42(59)24-29-6-4-28(5-7-29)22-31-10-15-36-39(23-31)53(3)47(64)56(36)38-17-19-41(58)52-45(38)62/h8-10,12-13,15,23,27-29,32,34-35,37-38H,4-7,11,14,16-22,24-26,48H2,1-3H3,(H2,49,57)(H,50,60)(H,51,61)(H,52,58,62)/t28-,29+,32-,34+,35+,37+,38?/m1/s1. The van der Waals surface area contributed by atoms with E-state index in [-0.39, 0.29) is 73.1 Å². The van der Waals surface area contributed by atoms with E-state index in [1.165, 1.54) is 21.6 Å². The van der Waals surface area contributed by atoms with Crippen LogP contribution in [0.25, 0.3) is 11.0 Å². The zero-order valence-corrected chi connectivity index (χ0v) is 39.2. The molecule has 0 bridgehead atoms. The molecule has 1 aromatic heterocycles. The second-order valence-electron chi connectivity index (χ2n) is 19.0. The molecule has 7 amide bonds. The normalized spacial score (nSPS) is 24.2. The average Bonchev–Trinajstić information content (AvgIpc) is 3.82. The van der Waals surface area contributed by atoms with Gasteiger partial charge >= 0.3 is 5.69 Å². The maximum Gasteiger partial charge on any atom is 0.329 e. The van der Waals surface area contributed by atoms with Gasteiger partial charge in [0.25, 0.3) is 0 Å². The summed E-state index contributed by atoms with van der Waals surface area (Å²) in [6.45, 7) is 3.59. The smallest absolute Gasteiger partial charge is 0.329 e. The third-order valence-electron chi connectivity index (χ3n) is 14.2. The Kier molecular flexibility index (Phi) is 15.0. The van der Waals surface area contributed by atoms with Crippen molar-refractivity contribution in [3.63, 3.8) is 0 Å². The van der Waals surface area contributed by atoms with Gasteiger partial charge in [0.05, 0.1) is 21.2 Å². The van der Waals surface area contributed by atoms with Gasteiger partial charge in [0.1, 0.15) is 24.2 Å². The van der Waals surface area contributed by atoms with Crippen molar-refractivity contribution in [2.24, 2.45) is 30.4 Å². The minimum atomic E-state index is -3.48. The van der Waals surface area contributed by atoms with Crippen LogP contribution in [0.1, 0.15) is 108 Å². The topological polar surface area (TPSA) is 275 Å². The second-order valence-corrected chi connectivity index (χ2v) is 21.5. The van der Waals surface area contributed by atoms with Gasteiger partial charge in [0.15, 0.2) is 9.84 Å². The molecule has 7 N–H and O–H groups in total. The summed E-state index contributed by atoms with van der Waals surface area (Å²) in [5.41, 5.74) is 14.6. The van der Waals surface area contributed by atoms with Crippen LogP contribution in [0.2, 0.25) is 0 Å². The Labute approximate surface area is 389 Å². The molecule has 1 unspecified atom stereocenters. The van der Waals surface area contributed by atoms with Gasteiger partial charge in [-0.25, -0.2) is 13.2 Å². The van der Waals surface area contributed by atoms with E-state index in [0.717, 1.165) is 43.2 Å². The van der Waals surface area contributed by atoms with Crippen LogP contribution >= 0.6 is 0 Å². The van der Waals surface area contributed by atoms with E-state index >= 15 is 0 Å². The fraction of sp³-hybridized carbons (Fsp3) is 0.574. The van der Waals surface area contributed by atoms with Crippen molar-refractivity contribution >= 4 is 62.2 Å². The number of rotatable bonds is 15. The van der Waals surface area contributed by atoms with Crippen LogP contribution in [-0.2, 0) is 63.4 Å². The van der Waals surface area contributed by atoms with Crippen molar-refractivity contribution in [3.8, 4) is 0 Å². The maximum atomic E-state index is 13.9. The van der Waals surface area contributed by atoms with Gasteiger partial charge in [-0.05, 0) is 125 Å². The Balaban J connectivity index is 0.900. The van der Waals surface area contributed by atoms with Crippen LogP contribution in [0.5, 0.6) is 0 Å². The van der Waals surface area contributed by atoms with Crippen LogP contribution in [-0.4, -0.2) is 111 Å². The number of piperidine rings is 1. The Bertz CT molecular complexity index is 2580. The summed E-state index contributed by atoms with van der Waals surface area (Å²) >= 11 is 0. The van der Waals surface area contributed by atoms with E-state index in [4.69, 9.17) is 11.5 Å². The largest absolute Gasteiger partial charge is 0.370 e. The SMILES string of the molecule is CC(C)S(=O)(=O)c1ccc(CNC(=O)[C@H](CCC(N)=O)NC(=O)[C@@H]2CC[C@@H]3CCN(C(=O)C[C@H]4CC[C@@H](Cc5ccc6c(c5)n(C)c(=O)n6C5CCC(=O)NC5=O)CC4)C[C@H](N)C(=O)N32)cc1. The van der Waals surface area contributed by atoms with E-state index in [9.17, 15) is 46.8 Å². The Morgan fingerprint density at radius 3 is 2.22 bits per heavy atom. The third-order valence-corrected chi connectivity index (χ3v) is 16.3. The number of nitrogens with two attached hydrogens (primary N) is 2. The number of imidazole rings is 1. The first-order valence-electron chi connectivity index (χ1n) is 23.4. The monoisotopic (exact) mass is 945 g/mol. The molecule has 7 rings (SSSR count). The quantitative estimate of drug-likeness (QED) is 0.135. The summed E-state index contributed by atoms with van der Waals surface area (Å²) in [5.74, 6) is -2.54. The van der Waals surface area contributed by atoms with Crippen molar-refractivity contribution in [2.45, 2.75) is 144 Å². The highest BCUT2D eigenvalue weighted by molar-refractivity contribution is 7.92. The van der Waals surface area contributed by atoms with Crippen molar-refractivity contribution in [1.29, 1.82) is 0 Å². The van der Waals surface area contributed by atoms with Gasteiger partial charge in [-0.1, -0.05) is 18.2 Å². The first-order chi connectivity index (χ1) is 31.8. The summed E-state index contributed by atoms with van der Waals surface area (Å²) in [4.78, 5) is 108. The van der Waals surface area contributed by atoms with Gasteiger partial charge in [-0.2, -0.15) is 0 Å². The van der Waals surface area contributed by atoms with Crippen LogP contribution < -0.4 is 33.1 Å². The molecule has 0 radical (unpaired) electrons. The number of benzene rings is 2. The number of aromatic nitrogens is 2. The number of carbonyl (C=O) groups excluding carboxylic acids is 7. The molecule has 4 aliphatic rings. The highest BCUT2D eigenvalue weighted by Gasteiger charge is 2.45. The number of aryl methyl sites for hydroxylation is 1. The minimum Gasteiger partial charge on any atom is -0.370 e. The highest BCUT2D eigenvalue weighted by atomic mass is 32.2. The molecule has 20 heteroatoms. The molecular weight excluding hydrogens is 883 g/mol. The number of imide groups is 1. The summed E-state index contributed by atoms with van der Waals surface area (Å²) in [7, 11) is -1.79. The van der Waals surface area contributed by atoms with E-state index in [2.05, 4.69) is 16.0 Å². The summed E-state index contributed by atoms with van der Waals surface area (Å²) < 4.78 is 28.1. The van der Waals surface area contributed by atoms with Crippen LogP contribution in [0.4, 0.5) is 0 Å². The lowest BCUT2D eigenvalue weighted by molar-refractivity contribution is -0.145. The van der Waals surface area contributed by atoms with Crippen molar-refractivity contribution in [2.75, 3.05) is 13.1 Å².